The molecule has 0 saturated heterocycles. The van der Waals surface area contributed by atoms with Crippen LogP contribution in [0.4, 0.5) is 4.79 Å². The molecule has 1 aromatic rings. The molecule has 0 spiro atoms. The molecule has 0 fully saturated rings. The van der Waals surface area contributed by atoms with Crippen molar-refractivity contribution in [3.63, 3.8) is 0 Å². The van der Waals surface area contributed by atoms with Crippen LogP contribution in [-0.2, 0) is 17.6 Å². The molecule has 0 unspecified atom stereocenters. The number of benzene rings is 1. The van der Waals surface area contributed by atoms with Gasteiger partial charge in [-0.2, -0.15) is 0 Å². The molecule has 0 aliphatic carbocycles. The van der Waals surface area contributed by atoms with Crippen LogP contribution >= 0.6 is 0 Å². The van der Waals surface area contributed by atoms with E-state index in [0.717, 1.165) is 25.7 Å². The van der Waals surface area contributed by atoms with Crippen LogP contribution in [0.25, 0.3) is 0 Å². The Hall–Kier alpha value is -1.59. The van der Waals surface area contributed by atoms with Gasteiger partial charge < -0.3 is 20.3 Å². The van der Waals surface area contributed by atoms with E-state index in [9.17, 15) is 15.0 Å². The van der Waals surface area contributed by atoms with Crippen LogP contribution in [0.1, 0.15) is 96.6 Å². The third kappa shape index (κ3) is 12.1. The second kappa shape index (κ2) is 14.5. The number of aryl methyl sites for hydroxylation is 2. The van der Waals surface area contributed by atoms with Gasteiger partial charge in [0.1, 0.15) is 5.60 Å². The van der Waals surface area contributed by atoms with Gasteiger partial charge in [-0.05, 0) is 64.0 Å². The number of carbonyl (C=O) groups excluding carboxylic acids is 1. The van der Waals surface area contributed by atoms with Gasteiger partial charge in [-0.3, -0.25) is 0 Å². The van der Waals surface area contributed by atoms with Gasteiger partial charge in [0.05, 0.1) is 18.8 Å². The normalized spacial score (nSPS) is 12.1. The van der Waals surface area contributed by atoms with E-state index in [1.165, 1.54) is 49.7 Å². The molecule has 0 aliphatic rings. The summed E-state index contributed by atoms with van der Waals surface area (Å²) in [7, 11) is 0. The van der Waals surface area contributed by atoms with Gasteiger partial charge in [0.15, 0.2) is 0 Å². The summed E-state index contributed by atoms with van der Waals surface area (Å²) in [6.07, 6.45) is 11.6. The van der Waals surface area contributed by atoms with E-state index in [-0.39, 0.29) is 13.2 Å². The fourth-order valence-electron chi connectivity index (χ4n) is 3.64. The zero-order chi connectivity index (χ0) is 23.2. The number of aliphatic hydroxyl groups excluding tert-OH is 2. The van der Waals surface area contributed by atoms with Crippen molar-refractivity contribution in [2.75, 3.05) is 13.2 Å². The number of carbonyl (C=O) groups is 1. The molecule has 5 nitrogen and oxygen atoms in total. The lowest BCUT2D eigenvalue weighted by Gasteiger charge is -2.32. The maximum atomic E-state index is 12.1. The van der Waals surface area contributed by atoms with Crippen molar-refractivity contribution in [3.8, 4) is 0 Å². The molecule has 0 aromatic heterocycles. The lowest BCUT2D eigenvalue weighted by Crippen LogP contribution is -2.55. The zero-order valence-corrected chi connectivity index (χ0v) is 20.2. The van der Waals surface area contributed by atoms with Gasteiger partial charge in [-0.15, -0.1) is 0 Å². The Balaban J connectivity index is 2.36. The highest BCUT2D eigenvalue weighted by Gasteiger charge is 2.32. The molecule has 0 radical (unpaired) electrons. The fourth-order valence-corrected chi connectivity index (χ4v) is 3.64. The third-order valence-corrected chi connectivity index (χ3v) is 5.58. The summed E-state index contributed by atoms with van der Waals surface area (Å²) in [5.41, 5.74) is 1.02. The van der Waals surface area contributed by atoms with E-state index in [4.69, 9.17) is 4.74 Å². The Morgan fingerprint density at radius 3 is 1.81 bits per heavy atom. The second-order valence-corrected chi connectivity index (χ2v) is 9.76. The first-order valence-electron chi connectivity index (χ1n) is 12.0. The van der Waals surface area contributed by atoms with E-state index >= 15 is 0 Å². The molecule has 1 rings (SSSR count). The molecule has 0 saturated carbocycles. The van der Waals surface area contributed by atoms with Gasteiger partial charge in [0.2, 0.25) is 0 Å². The molecule has 0 atom stereocenters. The molecular formula is C26H45NO4. The largest absolute Gasteiger partial charge is 0.444 e. The van der Waals surface area contributed by atoms with Gasteiger partial charge in [-0.25, -0.2) is 4.79 Å². The number of aliphatic hydroxyl groups is 2. The van der Waals surface area contributed by atoms with Crippen LogP contribution in [0.5, 0.6) is 0 Å². The molecule has 0 bridgehead atoms. The number of hydrogen-bond donors (Lipinski definition) is 3. The number of rotatable bonds is 15. The smallest absolute Gasteiger partial charge is 0.408 e. The summed E-state index contributed by atoms with van der Waals surface area (Å²) >= 11 is 0. The van der Waals surface area contributed by atoms with Gasteiger partial charge >= 0.3 is 6.09 Å². The second-order valence-electron chi connectivity index (χ2n) is 9.76. The van der Waals surface area contributed by atoms with Crippen molar-refractivity contribution < 1.29 is 19.7 Å². The highest BCUT2D eigenvalue weighted by atomic mass is 16.6. The van der Waals surface area contributed by atoms with Crippen LogP contribution in [0.3, 0.4) is 0 Å². The van der Waals surface area contributed by atoms with Gasteiger partial charge in [-0.1, -0.05) is 69.7 Å². The summed E-state index contributed by atoms with van der Waals surface area (Å²) in [4.78, 5) is 12.1. The van der Waals surface area contributed by atoms with Crippen molar-refractivity contribution in [2.45, 2.75) is 109 Å². The molecule has 1 amide bonds. The minimum atomic E-state index is -1.05. The monoisotopic (exact) mass is 435 g/mol. The Labute approximate surface area is 189 Å². The average molecular weight is 436 g/mol. The molecular weight excluding hydrogens is 390 g/mol. The number of nitrogens with one attached hydrogen (secondary N) is 1. The third-order valence-electron chi connectivity index (χ3n) is 5.58. The van der Waals surface area contributed by atoms with Crippen LogP contribution in [0.2, 0.25) is 0 Å². The van der Waals surface area contributed by atoms with Crippen molar-refractivity contribution in [3.05, 3.63) is 35.4 Å². The Morgan fingerprint density at radius 1 is 0.839 bits per heavy atom. The number of hydrogen-bond acceptors (Lipinski definition) is 4. The first-order valence-corrected chi connectivity index (χ1v) is 12.0. The topological polar surface area (TPSA) is 78.8 Å². The predicted octanol–water partition coefficient (Wildman–Crippen LogP) is 5.55. The van der Waals surface area contributed by atoms with Gasteiger partial charge in [0, 0.05) is 0 Å². The quantitative estimate of drug-likeness (QED) is 0.316. The minimum Gasteiger partial charge on any atom is -0.444 e. The Bertz CT molecular complexity index is 603. The van der Waals surface area contributed by atoms with Crippen LogP contribution < -0.4 is 5.32 Å². The van der Waals surface area contributed by atoms with Crippen molar-refractivity contribution in [1.29, 1.82) is 0 Å². The van der Waals surface area contributed by atoms with Crippen molar-refractivity contribution in [2.24, 2.45) is 0 Å². The maximum Gasteiger partial charge on any atom is 0.408 e. The zero-order valence-electron chi connectivity index (χ0n) is 20.2. The van der Waals surface area contributed by atoms with Crippen LogP contribution in [-0.4, -0.2) is 40.7 Å². The Morgan fingerprint density at radius 2 is 1.32 bits per heavy atom. The molecule has 0 heterocycles. The number of alkyl carbamates (subject to hydrolysis) is 1. The number of ether oxygens (including phenoxy) is 1. The van der Waals surface area contributed by atoms with E-state index in [2.05, 4.69) is 36.5 Å². The van der Waals surface area contributed by atoms with Gasteiger partial charge in [0.25, 0.3) is 0 Å². The van der Waals surface area contributed by atoms with E-state index in [1.54, 1.807) is 20.8 Å². The SMILES string of the molecule is CCCCCCCCc1ccc(CCCCC(CO)(CO)NC(=O)OC(C)(C)C)cc1. The molecule has 31 heavy (non-hydrogen) atoms. The molecule has 0 aliphatic heterocycles. The summed E-state index contributed by atoms with van der Waals surface area (Å²) in [6.45, 7) is 6.95. The summed E-state index contributed by atoms with van der Waals surface area (Å²) < 4.78 is 5.26. The highest BCUT2D eigenvalue weighted by molar-refractivity contribution is 5.68. The van der Waals surface area contributed by atoms with Crippen molar-refractivity contribution >= 4 is 6.09 Å². The highest BCUT2D eigenvalue weighted by Crippen LogP contribution is 2.18. The standard InChI is InChI=1S/C26H45NO4/c1-5-6-7-8-9-10-13-22-15-17-23(18-16-22)14-11-12-19-26(20-28,21-29)27-24(30)31-25(2,3)4/h15-18,28-29H,5-14,19-21H2,1-4H3,(H,27,30). The molecule has 1 aromatic carbocycles. The average Bonchev–Trinajstić information content (AvgIpc) is 2.72. The van der Waals surface area contributed by atoms with E-state index < -0.39 is 17.2 Å². The lowest BCUT2D eigenvalue weighted by atomic mass is 9.93. The maximum absolute atomic E-state index is 12.1. The minimum absolute atomic E-state index is 0.324. The number of amides is 1. The fraction of sp³-hybridized carbons (Fsp3) is 0.731. The first-order chi connectivity index (χ1) is 14.7. The summed E-state index contributed by atoms with van der Waals surface area (Å²) in [6, 6.07) is 8.88. The van der Waals surface area contributed by atoms with Crippen LogP contribution in [0, 0.1) is 0 Å². The van der Waals surface area contributed by atoms with E-state index in [1.807, 2.05) is 0 Å². The Kier molecular flexibility index (Phi) is 12.8. The molecule has 5 heteroatoms. The van der Waals surface area contributed by atoms with Crippen molar-refractivity contribution in [1.82, 2.24) is 5.32 Å². The first kappa shape index (κ1) is 27.4. The van der Waals surface area contributed by atoms with Crippen LogP contribution in [0.15, 0.2) is 24.3 Å². The van der Waals surface area contributed by atoms with E-state index in [0.29, 0.717) is 6.42 Å². The number of unbranched alkanes of at least 4 members (excludes halogenated alkanes) is 6. The molecule has 178 valence electrons. The summed E-state index contributed by atoms with van der Waals surface area (Å²) in [5, 5.41) is 22.2. The summed E-state index contributed by atoms with van der Waals surface area (Å²) in [5.74, 6) is 0. The lowest BCUT2D eigenvalue weighted by molar-refractivity contribution is 0.0270. The predicted molar refractivity (Wildman–Crippen MR) is 127 cm³/mol. The molecule has 3 N–H and O–H groups in total.